The number of piperidine rings is 1. The largest absolute Gasteiger partial charge is 0.504 e. The molecule has 1 aromatic carbocycles. The number of amides is 3. The van der Waals surface area contributed by atoms with Crippen LogP contribution in [0.2, 0.25) is 0 Å². The van der Waals surface area contributed by atoms with Crippen LogP contribution in [-0.2, 0) is 11.3 Å². The molecule has 2 atom stereocenters. The van der Waals surface area contributed by atoms with Gasteiger partial charge in [-0.05, 0) is 77.2 Å². The van der Waals surface area contributed by atoms with Gasteiger partial charge < -0.3 is 20.1 Å². The second-order valence-electron chi connectivity index (χ2n) is 10.2. The van der Waals surface area contributed by atoms with Crippen molar-refractivity contribution in [2.24, 2.45) is 5.92 Å². The summed E-state index contributed by atoms with van der Waals surface area (Å²) in [5.74, 6) is 0.774. The zero-order chi connectivity index (χ0) is 24.3. The number of ether oxygens (including phenoxy) is 1. The fraction of sp³-hybridized carbons (Fsp3) is 0.692. The van der Waals surface area contributed by atoms with E-state index in [1.165, 1.54) is 11.3 Å². The third kappa shape index (κ3) is 4.75. The Hall–Kier alpha value is -2.32. The van der Waals surface area contributed by atoms with Gasteiger partial charge >= 0.3 is 6.03 Å². The van der Waals surface area contributed by atoms with Crippen LogP contribution in [0, 0.1) is 5.92 Å². The third-order valence-electron chi connectivity index (χ3n) is 8.18. The van der Waals surface area contributed by atoms with Crippen molar-refractivity contribution in [3.63, 3.8) is 0 Å². The Balaban J connectivity index is 1.39. The predicted molar refractivity (Wildman–Crippen MR) is 131 cm³/mol. The van der Waals surface area contributed by atoms with Crippen molar-refractivity contribution in [3.05, 3.63) is 23.8 Å². The Kier molecular flexibility index (Phi) is 7.67. The van der Waals surface area contributed by atoms with Crippen LogP contribution in [0.15, 0.2) is 18.2 Å². The van der Waals surface area contributed by atoms with E-state index in [1.54, 1.807) is 13.2 Å². The summed E-state index contributed by atoms with van der Waals surface area (Å²) in [5, 5.41) is 13.6. The lowest BCUT2D eigenvalue weighted by Crippen LogP contribution is -2.56. The van der Waals surface area contributed by atoms with Crippen LogP contribution >= 0.6 is 0 Å². The number of nitrogens with zero attached hydrogens (tertiary/aromatic N) is 3. The van der Waals surface area contributed by atoms with Crippen LogP contribution in [0.4, 0.5) is 4.79 Å². The fourth-order valence-electron chi connectivity index (χ4n) is 6.20. The highest BCUT2D eigenvalue weighted by Gasteiger charge is 2.55. The van der Waals surface area contributed by atoms with E-state index in [4.69, 9.17) is 4.74 Å². The number of carbonyl (C=O) groups is 2. The molecule has 3 aliphatic rings. The van der Waals surface area contributed by atoms with Gasteiger partial charge in [-0.3, -0.25) is 14.6 Å². The van der Waals surface area contributed by atoms with Crippen molar-refractivity contribution in [1.82, 2.24) is 20.0 Å². The molecule has 0 bridgehead atoms. The molecule has 0 spiro atoms. The lowest BCUT2D eigenvalue weighted by atomic mass is 9.74. The quantitative estimate of drug-likeness (QED) is 0.537. The lowest BCUT2D eigenvalue weighted by Gasteiger charge is -2.41. The van der Waals surface area contributed by atoms with Crippen LogP contribution in [0.5, 0.6) is 11.5 Å². The standard InChI is InChI=1S/C26H40N4O4/c1-4-13-26(24(32)30(25(33)27-26)17-12-21-8-6-14-28(21)2)20-10-15-29(16-11-20)18-19-7-5-9-22(34-3)23(19)31/h5,7,9,20-21,31H,4,6,8,10-18H2,1-3H3,(H,27,33)/t21-,26+/m0/s1. The van der Waals surface area contributed by atoms with E-state index in [1.807, 2.05) is 12.1 Å². The number of hydrogen-bond donors (Lipinski definition) is 2. The number of benzene rings is 1. The van der Waals surface area contributed by atoms with E-state index in [9.17, 15) is 14.7 Å². The van der Waals surface area contributed by atoms with Crippen LogP contribution in [0.3, 0.4) is 0 Å². The average molecular weight is 473 g/mol. The van der Waals surface area contributed by atoms with Gasteiger partial charge in [-0.2, -0.15) is 0 Å². The molecule has 8 heteroatoms. The molecule has 0 radical (unpaired) electrons. The van der Waals surface area contributed by atoms with E-state index in [0.717, 1.165) is 57.3 Å². The molecule has 0 aliphatic carbocycles. The monoisotopic (exact) mass is 472 g/mol. The Bertz CT molecular complexity index is 886. The van der Waals surface area contributed by atoms with Crippen LogP contribution in [-0.4, -0.2) is 83.7 Å². The highest BCUT2D eigenvalue weighted by atomic mass is 16.5. The van der Waals surface area contributed by atoms with Crippen molar-refractivity contribution in [2.75, 3.05) is 40.3 Å². The van der Waals surface area contributed by atoms with Gasteiger partial charge in [0.1, 0.15) is 5.54 Å². The SMILES string of the molecule is CCC[C@]1(C2CCN(Cc3cccc(OC)c3O)CC2)NC(=O)N(CC[C@@H]2CCCN2C)C1=O. The molecule has 3 saturated heterocycles. The number of nitrogens with one attached hydrogen (secondary N) is 1. The van der Waals surface area contributed by atoms with Crippen molar-refractivity contribution < 1.29 is 19.4 Å². The molecule has 3 heterocycles. The maximum absolute atomic E-state index is 13.7. The van der Waals surface area contributed by atoms with Crippen molar-refractivity contribution in [1.29, 1.82) is 0 Å². The number of aromatic hydroxyl groups is 1. The fourth-order valence-corrected chi connectivity index (χ4v) is 6.20. The average Bonchev–Trinajstić information content (AvgIpc) is 3.35. The minimum atomic E-state index is -0.780. The molecule has 3 aliphatic heterocycles. The molecule has 3 fully saturated rings. The molecule has 0 unspecified atom stereocenters. The summed E-state index contributed by atoms with van der Waals surface area (Å²) in [6, 6.07) is 5.80. The topological polar surface area (TPSA) is 85.3 Å². The number of urea groups is 1. The molecular weight excluding hydrogens is 432 g/mol. The number of para-hydroxylation sites is 1. The van der Waals surface area contributed by atoms with Gasteiger partial charge in [0.05, 0.1) is 7.11 Å². The highest BCUT2D eigenvalue weighted by molar-refractivity contribution is 6.07. The van der Waals surface area contributed by atoms with Crippen molar-refractivity contribution in [2.45, 2.75) is 70.0 Å². The summed E-state index contributed by atoms with van der Waals surface area (Å²) in [6.07, 6.45) is 6.39. The first-order valence-electron chi connectivity index (χ1n) is 12.8. The number of rotatable bonds is 9. The zero-order valence-electron chi connectivity index (χ0n) is 20.9. The van der Waals surface area contributed by atoms with Crippen molar-refractivity contribution in [3.8, 4) is 11.5 Å². The van der Waals surface area contributed by atoms with Crippen LogP contribution < -0.4 is 10.1 Å². The summed E-state index contributed by atoms with van der Waals surface area (Å²) in [5.41, 5.74) is 0.0619. The van der Waals surface area contributed by atoms with Gasteiger partial charge in [0, 0.05) is 24.7 Å². The second-order valence-corrected chi connectivity index (χ2v) is 10.2. The molecule has 8 nitrogen and oxygen atoms in total. The Morgan fingerprint density at radius 3 is 2.59 bits per heavy atom. The highest BCUT2D eigenvalue weighted by Crippen LogP contribution is 2.38. The molecule has 34 heavy (non-hydrogen) atoms. The molecule has 2 N–H and O–H groups in total. The molecule has 188 valence electrons. The Morgan fingerprint density at radius 1 is 1.18 bits per heavy atom. The first-order chi connectivity index (χ1) is 16.4. The van der Waals surface area contributed by atoms with Crippen LogP contribution in [0.1, 0.15) is 57.4 Å². The van der Waals surface area contributed by atoms with Crippen molar-refractivity contribution >= 4 is 11.9 Å². The first-order valence-corrected chi connectivity index (χ1v) is 12.8. The summed E-state index contributed by atoms with van der Waals surface area (Å²) in [7, 11) is 3.68. The summed E-state index contributed by atoms with van der Waals surface area (Å²) in [4.78, 5) is 32.7. The number of imide groups is 1. The minimum absolute atomic E-state index is 0.0242. The van der Waals surface area contributed by atoms with Gasteiger partial charge in [-0.25, -0.2) is 4.79 Å². The number of phenolic OH excluding ortho intramolecular Hbond substituents is 1. The normalized spacial score (nSPS) is 26.9. The number of hydrogen-bond acceptors (Lipinski definition) is 6. The van der Waals surface area contributed by atoms with E-state index < -0.39 is 5.54 Å². The van der Waals surface area contributed by atoms with E-state index in [2.05, 4.69) is 29.1 Å². The second kappa shape index (κ2) is 10.5. The molecule has 0 aromatic heterocycles. The number of likely N-dealkylation sites (tertiary alicyclic amines) is 2. The smallest absolute Gasteiger partial charge is 0.325 e. The van der Waals surface area contributed by atoms with Gasteiger partial charge in [0.15, 0.2) is 11.5 Å². The minimum Gasteiger partial charge on any atom is -0.504 e. The molecule has 0 saturated carbocycles. The zero-order valence-corrected chi connectivity index (χ0v) is 20.9. The molecule has 4 rings (SSSR count). The van der Waals surface area contributed by atoms with Gasteiger partial charge in [0.25, 0.3) is 5.91 Å². The van der Waals surface area contributed by atoms with E-state index in [0.29, 0.717) is 31.3 Å². The summed E-state index contributed by atoms with van der Waals surface area (Å²) < 4.78 is 5.24. The number of methoxy groups -OCH3 is 1. The molecular formula is C26H40N4O4. The number of carbonyl (C=O) groups excluding carboxylic acids is 2. The predicted octanol–water partition coefficient (Wildman–Crippen LogP) is 3.19. The Morgan fingerprint density at radius 2 is 1.94 bits per heavy atom. The maximum atomic E-state index is 13.7. The number of phenols is 1. The summed E-state index contributed by atoms with van der Waals surface area (Å²) >= 11 is 0. The van der Waals surface area contributed by atoms with Gasteiger partial charge in [-0.15, -0.1) is 0 Å². The summed E-state index contributed by atoms with van der Waals surface area (Å²) in [6.45, 7) is 5.96. The maximum Gasteiger partial charge on any atom is 0.325 e. The first kappa shape index (κ1) is 24.8. The van der Waals surface area contributed by atoms with Gasteiger partial charge in [0.2, 0.25) is 0 Å². The lowest BCUT2D eigenvalue weighted by molar-refractivity contribution is -0.134. The van der Waals surface area contributed by atoms with Crippen LogP contribution in [0.25, 0.3) is 0 Å². The van der Waals surface area contributed by atoms with E-state index >= 15 is 0 Å². The molecule has 1 aromatic rings. The molecule has 3 amide bonds. The van der Waals surface area contributed by atoms with E-state index in [-0.39, 0.29) is 23.6 Å². The third-order valence-corrected chi connectivity index (χ3v) is 8.18. The Labute approximate surface area is 203 Å². The van der Waals surface area contributed by atoms with Gasteiger partial charge in [-0.1, -0.05) is 25.5 Å².